The molecule has 7 aromatic carbocycles. The van der Waals surface area contributed by atoms with Crippen molar-refractivity contribution in [1.82, 2.24) is 0 Å². The van der Waals surface area contributed by atoms with Crippen LogP contribution in [-0.4, -0.2) is 6.85 Å². The lowest BCUT2D eigenvalue weighted by atomic mass is 9.41. The first-order valence-electron chi connectivity index (χ1n) is 21.3. The lowest BCUT2D eigenvalue weighted by Gasteiger charge is -2.47. The van der Waals surface area contributed by atoms with Crippen molar-refractivity contribution < 1.29 is 0 Å². The number of rotatable bonds is 9. The fourth-order valence-electron chi connectivity index (χ4n) is 10.3. The summed E-state index contributed by atoms with van der Waals surface area (Å²) in [5, 5.41) is 0. The Morgan fingerprint density at radius 2 is 1.18 bits per heavy atom. The number of aryl methyl sites for hydroxylation is 3. The van der Waals surface area contributed by atoms with Gasteiger partial charge in [-0.3, -0.25) is 0 Å². The molecule has 0 fully saturated rings. The van der Waals surface area contributed by atoms with Crippen LogP contribution >= 0.6 is 0 Å². The van der Waals surface area contributed by atoms with Gasteiger partial charge in [-0.25, -0.2) is 0 Å². The monoisotopic (exact) mass is 738 g/mol. The molecule has 2 nitrogen and oxygen atoms in total. The first-order chi connectivity index (χ1) is 27.9. The number of unbranched alkanes of at least 4 members (excludes halogenated alkanes) is 2. The van der Waals surface area contributed by atoms with Crippen LogP contribution in [0.4, 0.5) is 28.4 Å². The van der Waals surface area contributed by atoms with Gasteiger partial charge >= 0.3 is 6.85 Å². The Bertz CT molecular complexity index is 2660. The van der Waals surface area contributed by atoms with E-state index in [4.69, 9.17) is 0 Å². The van der Waals surface area contributed by atoms with Gasteiger partial charge in [-0.2, -0.15) is 0 Å². The van der Waals surface area contributed by atoms with Gasteiger partial charge < -0.3 is 9.71 Å². The van der Waals surface area contributed by atoms with Crippen molar-refractivity contribution in [3.05, 3.63) is 173 Å². The van der Waals surface area contributed by atoms with Gasteiger partial charge in [-0.15, -0.1) is 0 Å². The lowest BCUT2D eigenvalue weighted by Crippen LogP contribution is -2.63. The molecule has 7 aromatic rings. The molecule has 0 atom stereocenters. The van der Waals surface area contributed by atoms with E-state index in [0.29, 0.717) is 0 Å². The molecular formula is C54H51BN2. The molecule has 0 unspecified atom stereocenters. The quantitative estimate of drug-likeness (QED) is 0.136. The van der Waals surface area contributed by atoms with E-state index in [1.165, 1.54) is 126 Å². The van der Waals surface area contributed by atoms with Crippen molar-refractivity contribution >= 4 is 46.2 Å². The molecule has 2 heterocycles. The summed E-state index contributed by atoms with van der Waals surface area (Å²) in [6.45, 7) is 11.7. The molecule has 0 saturated heterocycles. The van der Waals surface area contributed by atoms with Crippen LogP contribution in [0.5, 0.6) is 0 Å². The van der Waals surface area contributed by atoms with Crippen molar-refractivity contribution in [1.29, 1.82) is 0 Å². The number of hydrogen-bond donors (Lipinski definition) is 0. The van der Waals surface area contributed by atoms with E-state index in [1.54, 1.807) is 0 Å². The standard InChI is InChI=1S/C54H51BN2/c1-6-8-17-37-25-28-40(29-26-37)57-48-31-27-38(18-9-7-2)35-44(48)45-33-36(3)34-50-52(45)55(57)53-49(32-30-43-42-22-13-15-23-46(42)54(4,5)51(43)53)56(50)47-24-16-14-21-41(47)39-19-11-10-12-20-39/h10-16,19-35H,6-9,17-18H2,1-5H3. The fraction of sp³-hybridized carbons (Fsp3) is 0.222. The number of anilines is 5. The summed E-state index contributed by atoms with van der Waals surface area (Å²) in [7, 11) is 0. The van der Waals surface area contributed by atoms with E-state index in [9.17, 15) is 0 Å². The summed E-state index contributed by atoms with van der Waals surface area (Å²) in [6, 6.07) is 55.8. The smallest absolute Gasteiger partial charge is 0.333 e. The Morgan fingerprint density at radius 1 is 0.509 bits per heavy atom. The molecule has 0 bridgehead atoms. The van der Waals surface area contributed by atoms with Crippen LogP contribution in [0.1, 0.15) is 81.2 Å². The van der Waals surface area contributed by atoms with Gasteiger partial charge in [0.25, 0.3) is 0 Å². The van der Waals surface area contributed by atoms with Gasteiger partial charge in [-0.05, 0) is 136 Å². The molecule has 57 heavy (non-hydrogen) atoms. The minimum atomic E-state index is -0.204. The molecule has 3 aliphatic rings. The highest BCUT2D eigenvalue weighted by Gasteiger charge is 2.50. The molecule has 0 N–H and O–H groups in total. The van der Waals surface area contributed by atoms with E-state index < -0.39 is 0 Å². The molecular weight excluding hydrogens is 687 g/mol. The van der Waals surface area contributed by atoms with Crippen molar-refractivity contribution in [2.24, 2.45) is 0 Å². The van der Waals surface area contributed by atoms with E-state index in [0.717, 1.165) is 12.8 Å². The van der Waals surface area contributed by atoms with E-state index >= 15 is 0 Å². The SMILES string of the molecule is CCCCc1ccc(N2B3c4c(cc(C)cc4N(c4ccccc4-c4ccccc4)c4ccc5c(c43)C(C)(C)c3ccccc3-5)-c3cc(CCCC)ccc32)cc1. The van der Waals surface area contributed by atoms with Crippen molar-refractivity contribution in [3.63, 3.8) is 0 Å². The number of hydrogen-bond acceptors (Lipinski definition) is 2. The van der Waals surface area contributed by atoms with Gasteiger partial charge in [0.2, 0.25) is 0 Å². The minimum absolute atomic E-state index is 0.0373. The topological polar surface area (TPSA) is 6.48 Å². The molecule has 10 rings (SSSR count). The third kappa shape index (κ3) is 5.61. The van der Waals surface area contributed by atoms with Crippen LogP contribution in [0, 0.1) is 6.92 Å². The summed E-state index contributed by atoms with van der Waals surface area (Å²) in [6.07, 6.45) is 6.99. The van der Waals surface area contributed by atoms with Gasteiger partial charge in [0.15, 0.2) is 0 Å². The van der Waals surface area contributed by atoms with Gasteiger partial charge in [-0.1, -0.05) is 144 Å². The highest BCUT2D eigenvalue weighted by atomic mass is 15.2. The van der Waals surface area contributed by atoms with Crippen molar-refractivity contribution in [3.8, 4) is 33.4 Å². The van der Waals surface area contributed by atoms with E-state index in [2.05, 4.69) is 190 Å². The van der Waals surface area contributed by atoms with Crippen LogP contribution in [0.2, 0.25) is 0 Å². The van der Waals surface area contributed by atoms with Crippen LogP contribution < -0.4 is 20.6 Å². The van der Waals surface area contributed by atoms with Gasteiger partial charge in [0.1, 0.15) is 0 Å². The zero-order chi connectivity index (χ0) is 38.8. The molecule has 0 spiro atoms. The molecule has 0 saturated carbocycles. The third-order valence-electron chi connectivity index (χ3n) is 13.0. The molecule has 0 aromatic heterocycles. The summed E-state index contributed by atoms with van der Waals surface area (Å²) in [5.74, 6) is 0. The highest BCUT2D eigenvalue weighted by Crippen LogP contribution is 2.54. The number of fused-ring (bicyclic) bond motifs is 8. The lowest BCUT2D eigenvalue weighted by molar-refractivity contribution is 0.664. The first-order valence-corrected chi connectivity index (χ1v) is 21.3. The zero-order valence-corrected chi connectivity index (χ0v) is 34.1. The summed E-state index contributed by atoms with van der Waals surface area (Å²) >= 11 is 0. The van der Waals surface area contributed by atoms with E-state index in [1.807, 2.05) is 0 Å². The second-order valence-electron chi connectivity index (χ2n) is 17.1. The average molecular weight is 739 g/mol. The highest BCUT2D eigenvalue weighted by molar-refractivity contribution is 6.94. The minimum Gasteiger partial charge on any atom is -0.376 e. The molecule has 0 amide bonds. The predicted octanol–water partition coefficient (Wildman–Crippen LogP) is 13.4. The maximum absolute atomic E-state index is 2.71. The Morgan fingerprint density at radius 3 is 1.95 bits per heavy atom. The molecule has 280 valence electrons. The second kappa shape index (κ2) is 14.0. The van der Waals surface area contributed by atoms with Crippen LogP contribution in [-0.2, 0) is 18.3 Å². The summed E-state index contributed by atoms with van der Waals surface area (Å²) in [4.78, 5) is 5.33. The van der Waals surface area contributed by atoms with E-state index in [-0.39, 0.29) is 12.3 Å². The Balaban J connectivity index is 1.32. The van der Waals surface area contributed by atoms with Crippen LogP contribution in [0.25, 0.3) is 33.4 Å². The molecule has 1 aliphatic carbocycles. The number of benzene rings is 7. The van der Waals surface area contributed by atoms with Crippen LogP contribution in [0.15, 0.2) is 146 Å². The van der Waals surface area contributed by atoms with Gasteiger partial charge in [0.05, 0.1) is 5.69 Å². The van der Waals surface area contributed by atoms with Crippen LogP contribution in [0.3, 0.4) is 0 Å². The average Bonchev–Trinajstić information content (AvgIpc) is 3.48. The predicted molar refractivity (Wildman–Crippen MR) is 245 cm³/mol. The third-order valence-corrected chi connectivity index (χ3v) is 13.0. The largest absolute Gasteiger partial charge is 0.376 e. The van der Waals surface area contributed by atoms with Crippen molar-refractivity contribution in [2.75, 3.05) is 9.71 Å². The molecule has 3 heteroatoms. The van der Waals surface area contributed by atoms with Gasteiger partial charge in [0, 0.05) is 39.3 Å². The maximum Gasteiger partial charge on any atom is 0.333 e. The zero-order valence-electron chi connectivity index (χ0n) is 34.1. The Kier molecular flexibility index (Phi) is 8.74. The second-order valence-corrected chi connectivity index (χ2v) is 17.1. The normalized spacial score (nSPS) is 14.2. The molecule has 0 radical (unpaired) electrons. The Hall–Kier alpha value is -5.80. The fourth-order valence-corrected chi connectivity index (χ4v) is 10.3. The number of nitrogens with zero attached hydrogens (tertiary/aromatic N) is 2. The number of para-hydroxylation sites is 1. The summed E-state index contributed by atoms with van der Waals surface area (Å²) < 4.78 is 0. The maximum atomic E-state index is 2.71. The summed E-state index contributed by atoms with van der Waals surface area (Å²) in [5.41, 5.74) is 23.7. The first kappa shape index (κ1) is 35.6. The molecule has 2 aliphatic heterocycles. The Labute approximate surface area is 340 Å². The van der Waals surface area contributed by atoms with Crippen molar-refractivity contribution in [2.45, 2.75) is 78.6 Å².